The molecule has 1 aliphatic rings. The van der Waals surface area contributed by atoms with Crippen LogP contribution in [0.4, 0.5) is 0 Å². The van der Waals surface area contributed by atoms with Gasteiger partial charge in [-0.1, -0.05) is 0 Å². The Balaban J connectivity index is 1.82. The maximum Gasteiger partial charge on any atom is 0.167 e. The van der Waals surface area contributed by atoms with Crippen molar-refractivity contribution in [1.82, 2.24) is 14.3 Å². The van der Waals surface area contributed by atoms with E-state index in [1.54, 1.807) is 0 Å². The van der Waals surface area contributed by atoms with E-state index in [4.69, 9.17) is 0 Å². The maximum atomic E-state index is 12.0. The molecule has 1 saturated carbocycles. The number of hydrogen-bond donors (Lipinski definition) is 0. The topological polar surface area (TPSA) is 39.8 Å². The Bertz CT molecular complexity index is 652. The van der Waals surface area contributed by atoms with Gasteiger partial charge in [-0.15, -0.1) is 0 Å². The molecule has 0 aliphatic heterocycles. The Morgan fingerprint density at radius 1 is 1.50 bits per heavy atom. The van der Waals surface area contributed by atoms with E-state index >= 15 is 0 Å². The molecule has 0 amide bonds. The highest BCUT2D eigenvalue weighted by atomic mass is 79.9. The first kappa shape index (κ1) is 13.6. The lowest BCUT2D eigenvalue weighted by Gasteiger charge is -2.06. The van der Waals surface area contributed by atoms with E-state index in [-0.39, 0.29) is 5.92 Å². The molecule has 3 rings (SSSR count). The molecule has 4 nitrogen and oxygen atoms in total. The number of ketones is 1. The summed E-state index contributed by atoms with van der Waals surface area (Å²) in [6.45, 7) is 5.65. The maximum absolute atomic E-state index is 12.0. The second-order valence-corrected chi connectivity index (χ2v) is 6.17. The van der Waals surface area contributed by atoms with Gasteiger partial charge in [-0.05, 0) is 48.7 Å². The Kier molecular flexibility index (Phi) is 3.54. The largest absolute Gasteiger partial charge is 0.348 e. The quantitative estimate of drug-likeness (QED) is 0.785. The van der Waals surface area contributed by atoms with E-state index in [2.05, 4.69) is 32.5 Å². The zero-order chi connectivity index (χ0) is 14.3. The Labute approximate surface area is 126 Å². The minimum absolute atomic E-state index is 0.279. The number of hydrogen-bond acceptors (Lipinski definition) is 2. The van der Waals surface area contributed by atoms with E-state index < -0.39 is 0 Å². The molecule has 0 unspecified atom stereocenters. The molecule has 1 fully saturated rings. The molecular formula is C15H18BrN3O. The third-order valence-corrected chi connectivity index (χ3v) is 4.80. The summed E-state index contributed by atoms with van der Waals surface area (Å²) in [6.07, 6.45) is 6.04. The van der Waals surface area contributed by atoms with Gasteiger partial charge in [-0.25, -0.2) is 0 Å². The van der Waals surface area contributed by atoms with E-state index in [9.17, 15) is 4.79 Å². The van der Waals surface area contributed by atoms with Crippen LogP contribution in [0.25, 0.3) is 0 Å². The second kappa shape index (κ2) is 5.20. The Hall–Kier alpha value is -1.36. The van der Waals surface area contributed by atoms with Crippen LogP contribution >= 0.6 is 15.9 Å². The lowest BCUT2D eigenvalue weighted by Crippen LogP contribution is -2.07. The molecule has 0 saturated heterocycles. The van der Waals surface area contributed by atoms with Gasteiger partial charge in [-0.2, -0.15) is 5.10 Å². The van der Waals surface area contributed by atoms with Crippen molar-refractivity contribution in [3.63, 3.8) is 0 Å². The van der Waals surface area contributed by atoms with E-state index in [1.807, 2.05) is 30.1 Å². The van der Waals surface area contributed by atoms with Crippen molar-refractivity contribution in [2.24, 2.45) is 5.92 Å². The number of aryl methyl sites for hydroxylation is 2. The van der Waals surface area contributed by atoms with Gasteiger partial charge in [0.15, 0.2) is 5.78 Å². The summed E-state index contributed by atoms with van der Waals surface area (Å²) < 4.78 is 5.12. The van der Waals surface area contributed by atoms with Crippen molar-refractivity contribution in [2.45, 2.75) is 39.8 Å². The first-order valence-electron chi connectivity index (χ1n) is 7.02. The summed E-state index contributed by atoms with van der Waals surface area (Å²) in [5.74, 6) is 0.573. The highest BCUT2D eigenvalue weighted by Gasteiger charge is 2.30. The van der Waals surface area contributed by atoms with Gasteiger partial charge >= 0.3 is 0 Å². The van der Waals surface area contributed by atoms with Crippen LogP contribution in [0.5, 0.6) is 0 Å². The predicted molar refractivity (Wildman–Crippen MR) is 80.9 cm³/mol. The fourth-order valence-corrected chi connectivity index (χ4v) is 2.87. The molecule has 0 radical (unpaired) electrons. The van der Waals surface area contributed by atoms with Crippen molar-refractivity contribution < 1.29 is 4.79 Å². The summed E-state index contributed by atoms with van der Waals surface area (Å²) in [7, 11) is 0. The van der Waals surface area contributed by atoms with Gasteiger partial charge in [0, 0.05) is 30.4 Å². The molecule has 0 atom stereocenters. The van der Waals surface area contributed by atoms with Gasteiger partial charge in [0.05, 0.1) is 22.4 Å². The van der Waals surface area contributed by atoms with Crippen molar-refractivity contribution in [3.05, 3.63) is 39.9 Å². The summed E-state index contributed by atoms with van der Waals surface area (Å²) in [5.41, 5.74) is 2.98. The standard InChI is InChI=1S/C15H18BrN3O/c1-3-19-13(14(16)10(2)17-19)9-18-7-6-12(8-18)15(20)11-4-5-11/h6-8,11H,3-5,9H2,1-2H3. The smallest absolute Gasteiger partial charge is 0.167 e. The summed E-state index contributed by atoms with van der Waals surface area (Å²) >= 11 is 3.60. The summed E-state index contributed by atoms with van der Waals surface area (Å²) in [6, 6.07) is 1.92. The first-order valence-corrected chi connectivity index (χ1v) is 7.81. The molecule has 1 aliphatic carbocycles. The fraction of sp³-hybridized carbons (Fsp3) is 0.467. The second-order valence-electron chi connectivity index (χ2n) is 5.37. The Morgan fingerprint density at radius 3 is 2.90 bits per heavy atom. The minimum Gasteiger partial charge on any atom is -0.348 e. The normalized spacial score (nSPS) is 14.8. The first-order chi connectivity index (χ1) is 9.60. The zero-order valence-corrected chi connectivity index (χ0v) is 13.4. The molecule has 106 valence electrons. The molecule has 0 bridgehead atoms. The van der Waals surface area contributed by atoms with Gasteiger partial charge < -0.3 is 4.57 Å². The molecule has 0 N–H and O–H groups in total. The highest BCUT2D eigenvalue weighted by molar-refractivity contribution is 9.10. The minimum atomic E-state index is 0.279. The zero-order valence-electron chi connectivity index (χ0n) is 11.8. The van der Waals surface area contributed by atoms with E-state index in [0.29, 0.717) is 5.78 Å². The number of rotatable bonds is 5. The van der Waals surface area contributed by atoms with Crippen LogP contribution < -0.4 is 0 Å². The molecular weight excluding hydrogens is 318 g/mol. The average molecular weight is 336 g/mol. The van der Waals surface area contributed by atoms with Crippen LogP contribution in [0.1, 0.15) is 41.5 Å². The summed E-state index contributed by atoms with van der Waals surface area (Å²) in [5, 5.41) is 4.49. The third kappa shape index (κ3) is 2.46. The van der Waals surface area contributed by atoms with Gasteiger partial charge in [0.1, 0.15) is 0 Å². The number of Topliss-reactive ketones (excluding diaryl/α,β-unsaturated/α-hetero) is 1. The third-order valence-electron chi connectivity index (χ3n) is 3.77. The SMILES string of the molecule is CCn1nc(C)c(Br)c1Cn1ccc(C(=O)C2CC2)c1. The molecule has 2 aromatic rings. The molecule has 0 aromatic carbocycles. The van der Waals surface area contributed by atoms with Gasteiger partial charge in [-0.3, -0.25) is 9.48 Å². The monoisotopic (exact) mass is 335 g/mol. The van der Waals surface area contributed by atoms with Crippen LogP contribution in [0, 0.1) is 12.8 Å². The number of aromatic nitrogens is 3. The fourth-order valence-electron chi connectivity index (χ4n) is 2.46. The molecule has 2 aromatic heterocycles. The van der Waals surface area contributed by atoms with Crippen LogP contribution in [0.15, 0.2) is 22.9 Å². The number of carbonyl (C=O) groups excluding carboxylic acids is 1. The molecule has 5 heteroatoms. The van der Waals surface area contributed by atoms with Crippen LogP contribution in [-0.2, 0) is 13.1 Å². The van der Waals surface area contributed by atoms with Crippen molar-refractivity contribution in [3.8, 4) is 0 Å². The predicted octanol–water partition coefficient (Wildman–Crippen LogP) is 3.42. The molecule has 2 heterocycles. The molecule has 0 spiro atoms. The molecule has 20 heavy (non-hydrogen) atoms. The highest BCUT2D eigenvalue weighted by Crippen LogP contribution is 2.32. The van der Waals surface area contributed by atoms with Crippen molar-refractivity contribution in [1.29, 1.82) is 0 Å². The number of halogens is 1. The van der Waals surface area contributed by atoms with E-state index in [0.717, 1.165) is 47.4 Å². The lowest BCUT2D eigenvalue weighted by atomic mass is 10.1. The van der Waals surface area contributed by atoms with Crippen LogP contribution in [0.3, 0.4) is 0 Å². The van der Waals surface area contributed by atoms with Gasteiger partial charge in [0.2, 0.25) is 0 Å². The summed E-state index contributed by atoms with van der Waals surface area (Å²) in [4.78, 5) is 12.0. The van der Waals surface area contributed by atoms with Crippen molar-refractivity contribution >= 4 is 21.7 Å². The van der Waals surface area contributed by atoms with Gasteiger partial charge in [0.25, 0.3) is 0 Å². The average Bonchev–Trinajstić information content (AvgIpc) is 3.13. The van der Waals surface area contributed by atoms with Crippen LogP contribution in [-0.4, -0.2) is 20.1 Å². The number of carbonyl (C=O) groups is 1. The lowest BCUT2D eigenvalue weighted by molar-refractivity contribution is 0.0967. The van der Waals surface area contributed by atoms with Crippen LogP contribution in [0.2, 0.25) is 0 Å². The number of nitrogens with zero attached hydrogens (tertiary/aromatic N) is 3. The van der Waals surface area contributed by atoms with E-state index in [1.165, 1.54) is 0 Å². The van der Waals surface area contributed by atoms with Crippen molar-refractivity contribution in [2.75, 3.05) is 0 Å². The Morgan fingerprint density at radius 2 is 2.25 bits per heavy atom.